The Morgan fingerprint density at radius 1 is 1.22 bits per heavy atom. The van der Waals surface area contributed by atoms with Crippen molar-refractivity contribution in [2.75, 3.05) is 5.75 Å². The van der Waals surface area contributed by atoms with Crippen molar-refractivity contribution in [2.24, 2.45) is 0 Å². The van der Waals surface area contributed by atoms with Gasteiger partial charge in [0.1, 0.15) is 5.78 Å². The highest BCUT2D eigenvalue weighted by Crippen LogP contribution is 2.27. The second-order valence-corrected chi connectivity index (χ2v) is 5.67. The van der Waals surface area contributed by atoms with E-state index in [1.165, 1.54) is 0 Å². The first-order chi connectivity index (χ1) is 8.75. The zero-order valence-electron chi connectivity index (χ0n) is 9.67. The highest BCUT2D eigenvalue weighted by atomic mass is 79.9. The number of Topliss-reactive ketones (excluding diaryl/α,β-unsaturated/α-hetero) is 1. The minimum absolute atomic E-state index is 0.212. The number of thioether (sulfide) groups is 1. The molecule has 0 unspecified atom stereocenters. The Labute approximate surface area is 119 Å². The normalized spacial score (nSPS) is 10.3. The molecule has 1 aromatic heterocycles. The number of hydrogen-bond donors (Lipinski definition) is 0. The van der Waals surface area contributed by atoms with E-state index in [2.05, 4.69) is 20.9 Å². The summed E-state index contributed by atoms with van der Waals surface area (Å²) in [7, 11) is 0. The molecule has 1 aromatic carbocycles. The Morgan fingerprint density at radius 3 is 2.78 bits per heavy atom. The molecule has 4 heteroatoms. The molecule has 0 bridgehead atoms. The second-order valence-electron chi connectivity index (χ2n) is 3.80. The van der Waals surface area contributed by atoms with Crippen molar-refractivity contribution in [2.45, 2.75) is 11.3 Å². The molecule has 0 N–H and O–H groups in total. The van der Waals surface area contributed by atoms with Gasteiger partial charge in [0, 0.05) is 28.2 Å². The van der Waals surface area contributed by atoms with Crippen molar-refractivity contribution < 1.29 is 4.79 Å². The molecule has 0 saturated carbocycles. The molecule has 0 atom stereocenters. The van der Waals surface area contributed by atoms with Gasteiger partial charge in [-0.3, -0.25) is 9.78 Å². The summed E-state index contributed by atoms with van der Waals surface area (Å²) in [4.78, 5) is 16.9. The number of carbonyl (C=O) groups is 1. The van der Waals surface area contributed by atoms with E-state index in [4.69, 9.17) is 0 Å². The first-order valence-electron chi connectivity index (χ1n) is 5.53. The van der Waals surface area contributed by atoms with Gasteiger partial charge in [-0.1, -0.05) is 18.2 Å². The topological polar surface area (TPSA) is 30.0 Å². The number of hydrogen-bond acceptors (Lipinski definition) is 3. The number of pyridine rings is 1. The summed E-state index contributed by atoms with van der Waals surface area (Å²) in [5.74, 6) is 0.695. The number of benzene rings is 1. The van der Waals surface area contributed by atoms with E-state index in [0.717, 1.165) is 14.9 Å². The van der Waals surface area contributed by atoms with Gasteiger partial charge in [-0.05, 0) is 39.7 Å². The lowest BCUT2D eigenvalue weighted by atomic mass is 10.2. The van der Waals surface area contributed by atoms with Gasteiger partial charge >= 0.3 is 0 Å². The molecule has 2 rings (SSSR count). The monoisotopic (exact) mass is 321 g/mol. The SMILES string of the molecule is O=C(CSc1ccccc1Br)Cc1cccnc1. The molecule has 0 fully saturated rings. The van der Waals surface area contributed by atoms with Gasteiger partial charge in [-0.2, -0.15) is 0 Å². The van der Waals surface area contributed by atoms with E-state index in [1.54, 1.807) is 24.2 Å². The molecular formula is C14H12BrNOS. The van der Waals surface area contributed by atoms with E-state index in [0.29, 0.717) is 12.2 Å². The van der Waals surface area contributed by atoms with Crippen molar-refractivity contribution in [3.05, 3.63) is 58.8 Å². The average molecular weight is 322 g/mol. The molecule has 0 aliphatic heterocycles. The van der Waals surface area contributed by atoms with Crippen LogP contribution in [0.1, 0.15) is 5.56 Å². The number of nitrogens with zero attached hydrogens (tertiary/aromatic N) is 1. The van der Waals surface area contributed by atoms with Gasteiger partial charge in [0.15, 0.2) is 0 Å². The number of aromatic nitrogens is 1. The number of carbonyl (C=O) groups excluding carboxylic acids is 1. The zero-order chi connectivity index (χ0) is 12.8. The number of ketones is 1. The molecule has 0 aliphatic rings. The largest absolute Gasteiger partial charge is 0.298 e. The van der Waals surface area contributed by atoms with Gasteiger partial charge in [0.25, 0.3) is 0 Å². The van der Waals surface area contributed by atoms with E-state index in [1.807, 2.05) is 36.4 Å². The first-order valence-corrected chi connectivity index (χ1v) is 7.31. The van der Waals surface area contributed by atoms with Crippen molar-refractivity contribution in [1.29, 1.82) is 0 Å². The summed E-state index contributed by atoms with van der Waals surface area (Å²) in [6, 6.07) is 11.7. The summed E-state index contributed by atoms with van der Waals surface area (Å²) in [5.41, 5.74) is 0.968. The minimum Gasteiger partial charge on any atom is -0.298 e. The van der Waals surface area contributed by atoms with Crippen LogP contribution in [0.15, 0.2) is 58.2 Å². The van der Waals surface area contributed by atoms with E-state index >= 15 is 0 Å². The fourth-order valence-corrected chi connectivity index (χ4v) is 2.93. The fraction of sp³-hybridized carbons (Fsp3) is 0.143. The summed E-state index contributed by atoms with van der Waals surface area (Å²) < 4.78 is 1.03. The van der Waals surface area contributed by atoms with E-state index in [9.17, 15) is 4.79 Å². The maximum absolute atomic E-state index is 11.8. The van der Waals surface area contributed by atoms with Crippen LogP contribution in [0.5, 0.6) is 0 Å². The fourth-order valence-electron chi connectivity index (χ4n) is 1.50. The van der Waals surface area contributed by atoms with Crippen molar-refractivity contribution in [3.8, 4) is 0 Å². The van der Waals surface area contributed by atoms with Crippen molar-refractivity contribution >= 4 is 33.5 Å². The molecule has 2 aromatic rings. The Balaban J connectivity index is 1.88. The Kier molecular flexibility index (Phi) is 4.96. The molecule has 0 amide bonds. The van der Waals surface area contributed by atoms with Crippen LogP contribution in [0.2, 0.25) is 0 Å². The summed E-state index contributed by atoms with van der Waals surface area (Å²) in [6.07, 6.45) is 3.90. The van der Waals surface area contributed by atoms with Crippen LogP contribution >= 0.6 is 27.7 Å². The zero-order valence-corrected chi connectivity index (χ0v) is 12.1. The van der Waals surface area contributed by atoms with Gasteiger partial charge in [-0.15, -0.1) is 11.8 Å². The maximum Gasteiger partial charge on any atom is 0.147 e. The summed E-state index contributed by atoms with van der Waals surface area (Å²) >= 11 is 5.03. The first kappa shape index (κ1) is 13.3. The molecule has 0 aliphatic carbocycles. The Morgan fingerprint density at radius 2 is 2.06 bits per heavy atom. The molecule has 2 nitrogen and oxygen atoms in total. The van der Waals surface area contributed by atoms with E-state index in [-0.39, 0.29) is 5.78 Å². The quantitative estimate of drug-likeness (QED) is 0.786. The van der Waals surface area contributed by atoms with Crippen LogP contribution < -0.4 is 0 Å². The predicted molar refractivity (Wildman–Crippen MR) is 77.8 cm³/mol. The van der Waals surface area contributed by atoms with Gasteiger partial charge in [-0.25, -0.2) is 0 Å². The third-order valence-electron chi connectivity index (χ3n) is 2.35. The molecular weight excluding hydrogens is 310 g/mol. The van der Waals surface area contributed by atoms with Crippen LogP contribution in [0, 0.1) is 0 Å². The number of rotatable bonds is 5. The van der Waals surface area contributed by atoms with Gasteiger partial charge < -0.3 is 0 Å². The molecule has 18 heavy (non-hydrogen) atoms. The van der Waals surface area contributed by atoms with Crippen molar-refractivity contribution in [1.82, 2.24) is 4.98 Å². The van der Waals surface area contributed by atoms with Crippen molar-refractivity contribution in [3.63, 3.8) is 0 Å². The third kappa shape index (κ3) is 3.96. The minimum atomic E-state index is 0.212. The lowest BCUT2D eigenvalue weighted by Crippen LogP contribution is -2.05. The molecule has 1 heterocycles. The molecule has 0 radical (unpaired) electrons. The van der Waals surface area contributed by atoms with Gasteiger partial charge in [0.2, 0.25) is 0 Å². The molecule has 0 saturated heterocycles. The third-order valence-corrected chi connectivity index (χ3v) is 4.44. The second kappa shape index (κ2) is 6.71. The van der Waals surface area contributed by atoms with Gasteiger partial charge in [0.05, 0.1) is 5.75 Å². The van der Waals surface area contributed by atoms with Crippen LogP contribution in [0.4, 0.5) is 0 Å². The smallest absolute Gasteiger partial charge is 0.147 e. The summed E-state index contributed by atoms with van der Waals surface area (Å²) in [5, 5.41) is 0. The average Bonchev–Trinajstić information content (AvgIpc) is 2.39. The Bertz CT molecular complexity index is 530. The summed E-state index contributed by atoms with van der Waals surface area (Å²) in [6.45, 7) is 0. The highest BCUT2D eigenvalue weighted by molar-refractivity contribution is 9.10. The lowest BCUT2D eigenvalue weighted by molar-refractivity contribution is -0.116. The highest BCUT2D eigenvalue weighted by Gasteiger charge is 2.06. The lowest BCUT2D eigenvalue weighted by Gasteiger charge is -2.03. The van der Waals surface area contributed by atoms with Crippen LogP contribution in [0.3, 0.4) is 0 Å². The van der Waals surface area contributed by atoms with E-state index < -0.39 is 0 Å². The van der Waals surface area contributed by atoms with Crippen LogP contribution in [0.25, 0.3) is 0 Å². The maximum atomic E-state index is 11.8. The predicted octanol–water partition coefficient (Wildman–Crippen LogP) is 3.75. The number of halogens is 1. The van der Waals surface area contributed by atoms with Crippen LogP contribution in [-0.2, 0) is 11.2 Å². The standard InChI is InChI=1S/C14H12BrNOS/c15-13-5-1-2-6-14(13)18-10-12(17)8-11-4-3-7-16-9-11/h1-7,9H,8,10H2. The Hall–Kier alpha value is -1.13. The molecule has 0 spiro atoms. The molecule has 92 valence electrons. The van der Waals surface area contributed by atoms with Crippen LogP contribution in [-0.4, -0.2) is 16.5 Å².